The first-order chi connectivity index (χ1) is 13.4. The van der Waals surface area contributed by atoms with Gasteiger partial charge in [0.2, 0.25) is 0 Å². The van der Waals surface area contributed by atoms with Gasteiger partial charge in [0.25, 0.3) is 5.91 Å². The second kappa shape index (κ2) is 9.25. The number of nitrogens with zero attached hydrogens (tertiary/aromatic N) is 1. The van der Waals surface area contributed by atoms with Gasteiger partial charge in [-0.25, -0.2) is 8.42 Å². The van der Waals surface area contributed by atoms with Crippen molar-refractivity contribution < 1.29 is 22.7 Å². The maximum Gasteiger partial charge on any atom is 0.316 e. The van der Waals surface area contributed by atoms with Crippen LogP contribution in [0.3, 0.4) is 0 Å². The van der Waals surface area contributed by atoms with Crippen molar-refractivity contribution in [2.24, 2.45) is 0 Å². The molecule has 1 aliphatic heterocycles. The first-order valence-electron chi connectivity index (χ1n) is 8.85. The predicted octanol–water partition coefficient (Wildman–Crippen LogP) is 2.54. The summed E-state index contributed by atoms with van der Waals surface area (Å²) in [5, 5.41) is 0. The molecule has 0 saturated carbocycles. The normalized spacial score (nSPS) is 17.8. The molecule has 0 radical (unpaired) electrons. The van der Waals surface area contributed by atoms with Crippen LogP contribution in [0.15, 0.2) is 65.6 Å². The van der Waals surface area contributed by atoms with Crippen molar-refractivity contribution >= 4 is 39.2 Å². The van der Waals surface area contributed by atoms with Crippen LogP contribution in [-0.4, -0.2) is 50.2 Å². The zero-order chi connectivity index (χ0) is 20.0. The van der Waals surface area contributed by atoms with Crippen molar-refractivity contribution in [3.05, 3.63) is 60.7 Å². The topological polar surface area (TPSA) is 80.8 Å². The van der Waals surface area contributed by atoms with Gasteiger partial charge in [-0.3, -0.25) is 9.59 Å². The monoisotopic (exact) mass is 419 g/mol. The number of sulfone groups is 1. The molecule has 1 heterocycles. The third kappa shape index (κ3) is 5.59. The van der Waals surface area contributed by atoms with E-state index in [0.717, 1.165) is 4.90 Å². The number of thioether (sulfide) groups is 1. The maximum absolute atomic E-state index is 12.8. The molecule has 0 aliphatic carbocycles. The molecule has 0 spiro atoms. The van der Waals surface area contributed by atoms with Crippen LogP contribution in [0.1, 0.15) is 6.42 Å². The van der Waals surface area contributed by atoms with Crippen LogP contribution in [0, 0.1) is 0 Å². The third-order valence-corrected chi connectivity index (χ3v) is 7.07. The van der Waals surface area contributed by atoms with E-state index < -0.39 is 34.4 Å². The number of amides is 1. The van der Waals surface area contributed by atoms with E-state index in [1.807, 2.05) is 36.4 Å². The SMILES string of the molecule is O=C(CSc1ccccc1)OCC(=O)N(c1ccccc1)[C@@H]1CCS(=O)(=O)C1. The molecule has 2 aromatic carbocycles. The average Bonchev–Trinajstić information content (AvgIpc) is 3.06. The number of hydrogen-bond donors (Lipinski definition) is 0. The Morgan fingerprint density at radius 3 is 2.29 bits per heavy atom. The smallest absolute Gasteiger partial charge is 0.316 e. The number of rotatable bonds is 7. The molecule has 0 unspecified atom stereocenters. The number of ether oxygens (including phenoxy) is 1. The highest BCUT2D eigenvalue weighted by Gasteiger charge is 2.35. The molecule has 2 aromatic rings. The summed E-state index contributed by atoms with van der Waals surface area (Å²) < 4.78 is 28.9. The van der Waals surface area contributed by atoms with E-state index in [-0.39, 0.29) is 17.3 Å². The highest BCUT2D eigenvalue weighted by Crippen LogP contribution is 2.24. The van der Waals surface area contributed by atoms with E-state index in [1.165, 1.54) is 16.7 Å². The van der Waals surface area contributed by atoms with Crippen LogP contribution in [0.2, 0.25) is 0 Å². The average molecular weight is 420 g/mol. The largest absolute Gasteiger partial charge is 0.455 e. The van der Waals surface area contributed by atoms with Crippen LogP contribution in [-0.2, 0) is 24.2 Å². The Kier molecular flexibility index (Phi) is 6.74. The number of carbonyl (C=O) groups is 2. The molecular weight excluding hydrogens is 398 g/mol. The second-order valence-corrected chi connectivity index (χ2v) is 9.70. The van der Waals surface area contributed by atoms with Crippen LogP contribution in [0.5, 0.6) is 0 Å². The lowest BCUT2D eigenvalue weighted by atomic mass is 10.2. The quantitative estimate of drug-likeness (QED) is 0.507. The molecule has 28 heavy (non-hydrogen) atoms. The molecular formula is C20H21NO5S2. The zero-order valence-corrected chi connectivity index (χ0v) is 16.8. The first-order valence-corrected chi connectivity index (χ1v) is 11.7. The van der Waals surface area contributed by atoms with Gasteiger partial charge in [-0.05, 0) is 30.7 Å². The standard InChI is InChI=1S/C20H21NO5S2/c22-19(13-26-20(23)14-27-18-9-5-2-6-10-18)21(16-7-3-1-4-8-16)17-11-12-28(24,25)15-17/h1-10,17H,11-15H2/t17-/m1/s1. The van der Waals surface area contributed by atoms with E-state index in [2.05, 4.69) is 0 Å². The fourth-order valence-corrected chi connectivity index (χ4v) is 5.46. The van der Waals surface area contributed by atoms with E-state index in [9.17, 15) is 18.0 Å². The number of para-hydroxylation sites is 1. The summed E-state index contributed by atoms with van der Waals surface area (Å²) in [5.41, 5.74) is 0.601. The lowest BCUT2D eigenvalue weighted by Crippen LogP contribution is -2.43. The minimum Gasteiger partial charge on any atom is -0.455 e. The summed E-state index contributed by atoms with van der Waals surface area (Å²) >= 11 is 1.33. The summed E-state index contributed by atoms with van der Waals surface area (Å²) in [6.45, 7) is -0.417. The molecule has 1 amide bonds. The van der Waals surface area contributed by atoms with Crippen LogP contribution >= 0.6 is 11.8 Å². The van der Waals surface area contributed by atoms with Crippen molar-refractivity contribution in [3.63, 3.8) is 0 Å². The summed E-state index contributed by atoms with van der Waals surface area (Å²) in [6.07, 6.45) is 0.376. The number of hydrogen-bond acceptors (Lipinski definition) is 6. The Balaban J connectivity index is 1.61. The molecule has 148 valence electrons. The minimum absolute atomic E-state index is 0.0573. The van der Waals surface area contributed by atoms with Gasteiger partial charge < -0.3 is 9.64 Å². The molecule has 1 aliphatic rings. The molecule has 1 atom stereocenters. The molecule has 6 nitrogen and oxygen atoms in total. The van der Waals surface area contributed by atoms with E-state index in [0.29, 0.717) is 12.1 Å². The fourth-order valence-electron chi connectivity index (χ4n) is 3.04. The van der Waals surface area contributed by atoms with Crippen LogP contribution < -0.4 is 4.90 Å². The number of carbonyl (C=O) groups excluding carboxylic acids is 2. The minimum atomic E-state index is -3.16. The van der Waals surface area contributed by atoms with Gasteiger partial charge in [-0.15, -0.1) is 11.8 Å². The Hall–Kier alpha value is -2.32. The van der Waals surface area contributed by atoms with Gasteiger partial charge in [0.15, 0.2) is 16.4 Å². The van der Waals surface area contributed by atoms with Crippen LogP contribution in [0.4, 0.5) is 5.69 Å². The lowest BCUT2D eigenvalue weighted by molar-refractivity contribution is -0.145. The predicted molar refractivity (Wildman–Crippen MR) is 109 cm³/mol. The number of benzene rings is 2. The summed E-state index contributed by atoms with van der Waals surface area (Å²) in [5.74, 6) is -0.839. The van der Waals surface area contributed by atoms with Gasteiger partial charge in [0, 0.05) is 10.6 Å². The van der Waals surface area contributed by atoms with E-state index in [1.54, 1.807) is 24.3 Å². The summed E-state index contributed by atoms with van der Waals surface area (Å²) in [4.78, 5) is 27.1. The van der Waals surface area contributed by atoms with Crippen molar-refractivity contribution in [3.8, 4) is 0 Å². The molecule has 0 bridgehead atoms. The van der Waals surface area contributed by atoms with Gasteiger partial charge in [-0.2, -0.15) is 0 Å². The molecule has 3 rings (SSSR count). The Labute approximate surface area is 168 Å². The Morgan fingerprint density at radius 1 is 1.04 bits per heavy atom. The van der Waals surface area contributed by atoms with Gasteiger partial charge in [0.05, 0.1) is 23.3 Å². The lowest BCUT2D eigenvalue weighted by Gasteiger charge is -2.28. The first kappa shape index (κ1) is 20.4. The van der Waals surface area contributed by atoms with Crippen molar-refractivity contribution in [2.75, 3.05) is 28.8 Å². The fraction of sp³-hybridized carbons (Fsp3) is 0.300. The zero-order valence-electron chi connectivity index (χ0n) is 15.2. The molecule has 1 fully saturated rings. The Bertz CT molecular complexity index is 916. The second-order valence-electron chi connectivity index (χ2n) is 6.42. The molecule has 8 heteroatoms. The van der Waals surface area contributed by atoms with E-state index in [4.69, 9.17) is 4.74 Å². The van der Waals surface area contributed by atoms with E-state index >= 15 is 0 Å². The number of anilines is 1. The summed E-state index contributed by atoms with van der Waals surface area (Å²) in [6, 6.07) is 17.9. The highest BCUT2D eigenvalue weighted by atomic mass is 32.2. The van der Waals surface area contributed by atoms with Crippen LogP contribution in [0.25, 0.3) is 0 Å². The molecule has 1 saturated heterocycles. The maximum atomic E-state index is 12.8. The highest BCUT2D eigenvalue weighted by molar-refractivity contribution is 8.00. The van der Waals surface area contributed by atoms with Gasteiger partial charge in [0.1, 0.15) is 0 Å². The van der Waals surface area contributed by atoms with Crippen molar-refractivity contribution in [2.45, 2.75) is 17.4 Å². The third-order valence-electron chi connectivity index (χ3n) is 4.33. The molecule has 0 aromatic heterocycles. The molecule has 0 N–H and O–H groups in total. The van der Waals surface area contributed by atoms with Gasteiger partial charge in [-0.1, -0.05) is 36.4 Å². The Morgan fingerprint density at radius 2 is 1.68 bits per heavy atom. The summed E-state index contributed by atoms with van der Waals surface area (Å²) in [7, 11) is -3.16. The van der Waals surface area contributed by atoms with Crippen molar-refractivity contribution in [1.29, 1.82) is 0 Å². The van der Waals surface area contributed by atoms with Crippen molar-refractivity contribution in [1.82, 2.24) is 0 Å². The van der Waals surface area contributed by atoms with Gasteiger partial charge >= 0.3 is 5.97 Å². The number of esters is 1.